The van der Waals surface area contributed by atoms with Gasteiger partial charge in [-0.25, -0.2) is 13.6 Å². The summed E-state index contributed by atoms with van der Waals surface area (Å²) in [4.78, 5) is 26.9. The van der Waals surface area contributed by atoms with Crippen molar-refractivity contribution in [3.05, 3.63) is 96.1 Å². The van der Waals surface area contributed by atoms with Crippen LogP contribution in [-0.4, -0.2) is 25.0 Å². The first-order chi connectivity index (χ1) is 15.5. The fourth-order valence-electron chi connectivity index (χ4n) is 3.39. The molecule has 1 atom stereocenters. The van der Waals surface area contributed by atoms with Crippen LogP contribution in [0.2, 0.25) is 0 Å². The molecule has 0 aliphatic carbocycles. The molecule has 0 spiro atoms. The molecule has 0 aromatic heterocycles. The lowest BCUT2D eigenvalue weighted by molar-refractivity contribution is -0.122. The largest absolute Gasteiger partial charge is 0.354 e. The van der Waals surface area contributed by atoms with Crippen LogP contribution in [0.25, 0.3) is 0 Å². The highest BCUT2D eigenvalue weighted by molar-refractivity contribution is 6.01. The van der Waals surface area contributed by atoms with E-state index in [0.717, 1.165) is 5.56 Å². The van der Waals surface area contributed by atoms with Crippen LogP contribution in [-0.2, 0) is 4.79 Å². The van der Waals surface area contributed by atoms with Gasteiger partial charge >= 0.3 is 6.03 Å². The smallest absolute Gasteiger partial charge is 0.326 e. The van der Waals surface area contributed by atoms with E-state index in [1.54, 1.807) is 6.07 Å². The molecule has 0 bridgehead atoms. The normalized spacial score (nSPS) is 11.5. The lowest BCUT2D eigenvalue weighted by Crippen LogP contribution is -2.42. The fourth-order valence-corrected chi connectivity index (χ4v) is 3.39. The Morgan fingerprint density at radius 1 is 0.906 bits per heavy atom. The topological polar surface area (TPSA) is 61.4 Å². The van der Waals surface area contributed by atoms with Gasteiger partial charge in [-0.1, -0.05) is 49.4 Å². The average Bonchev–Trinajstić information content (AvgIpc) is 2.80. The standard InChI is InChI=1S/C25H25F2N3O2/c1-2-21(18-8-4-3-5-9-18)24(31)28-16-17-30(20-14-12-19(26)13-15-20)25(32)29-23-11-7-6-10-22(23)27/h3-15,21H,2,16-17H2,1H3,(H,28,31)(H,29,32). The summed E-state index contributed by atoms with van der Waals surface area (Å²) in [6.07, 6.45) is 0.630. The number of carbonyl (C=O) groups is 2. The van der Waals surface area contributed by atoms with Crippen LogP contribution in [0.3, 0.4) is 0 Å². The van der Waals surface area contributed by atoms with Crippen molar-refractivity contribution in [3.8, 4) is 0 Å². The predicted molar refractivity (Wildman–Crippen MR) is 122 cm³/mol. The van der Waals surface area contributed by atoms with Crippen LogP contribution in [0.4, 0.5) is 25.0 Å². The van der Waals surface area contributed by atoms with Crippen molar-refractivity contribution in [2.75, 3.05) is 23.3 Å². The Bertz CT molecular complexity index is 1040. The molecule has 0 fully saturated rings. The number of nitrogens with one attached hydrogen (secondary N) is 2. The number of rotatable bonds is 8. The van der Waals surface area contributed by atoms with Gasteiger partial charge in [-0.3, -0.25) is 9.69 Å². The van der Waals surface area contributed by atoms with Crippen LogP contribution in [0.15, 0.2) is 78.9 Å². The molecular formula is C25H25F2N3O2. The third kappa shape index (κ3) is 5.91. The molecule has 3 aromatic carbocycles. The van der Waals surface area contributed by atoms with E-state index in [2.05, 4.69) is 10.6 Å². The van der Waals surface area contributed by atoms with E-state index < -0.39 is 17.7 Å². The second-order valence-electron chi connectivity index (χ2n) is 7.20. The summed E-state index contributed by atoms with van der Waals surface area (Å²) in [5.74, 6) is -1.46. The maximum Gasteiger partial charge on any atom is 0.326 e. The minimum Gasteiger partial charge on any atom is -0.354 e. The van der Waals surface area contributed by atoms with Crippen molar-refractivity contribution in [3.63, 3.8) is 0 Å². The Labute approximate surface area is 186 Å². The zero-order valence-corrected chi connectivity index (χ0v) is 17.7. The van der Waals surface area contributed by atoms with Gasteiger partial charge in [0.15, 0.2) is 0 Å². The summed E-state index contributed by atoms with van der Waals surface area (Å²) < 4.78 is 27.3. The van der Waals surface area contributed by atoms with Crippen molar-refractivity contribution >= 4 is 23.3 Å². The van der Waals surface area contributed by atoms with Gasteiger partial charge in [0, 0.05) is 18.8 Å². The van der Waals surface area contributed by atoms with Gasteiger partial charge in [0.1, 0.15) is 11.6 Å². The zero-order chi connectivity index (χ0) is 22.9. The maximum absolute atomic E-state index is 14.0. The average molecular weight is 437 g/mol. The number of urea groups is 1. The van der Waals surface area contributed by atoms with E-state index >= 15 is 0 Å². The summed E-state index contributed by atoms with van der Waals surface area (Å²) in [6.45, 7) is 2.22. The second kappa shape index (κ2) is 11.0. The van der Waals surface area contributed by atoms with Gasteiger partial charge in [0.05, 0.1) is 11.6 Å². The van der Waals surface area contributed by atoms with Crippen LogP contribution < -0.4 is 15.5 Å². The summed E-state index contributed by atoms with van der Waals surface area (Å²) in [5.41, 5.74) is 1.37. The number of para-hydroxylation sites is 1. The molecule has 7 heteroatoms. The SMILES string of the molecule is CCC(C(=O)NCCN(C(=O)Nc1ccccc1F)c1ccc(F)cc1)c1ccccc1. The summed E-state index contributed by atoms with van der Waals surface area (Å²) in [6, 6.07) is 20.1. The highest BCUT2D eigenvalue weighted by atomic mass is 19.1. The lowest BCUT2D eigenvalue weighted by Gasteiger charge is -2.24. The van der Waals surface area contributed by atoms with Gasteiger partial charge in [-0.2, -0.15) is 0 Å². The van der Waals surface area contributed by atoms with E-state index in [9.17, 15) is 18.4 Å². The molecule has 1 unspecified atom stereocenters. The zero-order valence-electron chi connectivity index (χ0n) is 17.7. The predicted octanol–water partition coefficient (Wildman–Crippen LogP) is 5.31. The van der Waals surface area contributed by atoms with Crippen molar-refractivity contribution < 1.29 is 18.4 Å². The van der Waals surface area contributed by atoms with E-state index in [0.29, 0.717) is 12.1 Å². The Kier molecular flexibility index (Phi) is 7.91. The number of halogens is 2. The highest BCUT2D eigenvalue weighted by Crippen LogP contribution is 2.20. The van der Waals surface area contributed by atoms with Crippen molar-refractivity contribution in [1.29, 1.82) is 0 Å². The monoisotopic (exact) mass is 437 g/mol. The fraction of sp³-hybridized carbons (Fsp3) is 0.200. The first-order valence-corrected chi connectivity index (χ1v) is 10.4. The van der Waals surface area contributed by atoms with Crippen LogP contribution in [0, 0.1) is 11.6 Å². The van der Waals surface area contributed by atoms with Gasteiger partial charge in [0.25, 0.3) is 0 Å². The van der Waals surface area contributed by atoms with Crippen LogP contribution in [0.1, 0.15) is 24.8 Å². The summed E-state index contributed by atoms with van der Waals surface area (Å²) in [5, 5.41) is 5.39. The number of hydrogen-bond donors (Lipinski definition) is 2. The molecule has 0 radical (unpaired) electrons. The van der Waals surface area contributed by atoms with E-state index in [1.807, 2.05) is 37.3 Å². The molecule has 2 N–H and O–H groups in total. The Balaban J connectivity index is 1.70. The minimum atomic E-state index is -0.592. The number of amides is 3. The second-order valence-corrected chi connectivity index (χ2v) is 7.20. The quantitative estimate of drug-likeness (QED) is 0.502. The van der Waals surface area contributed by atoms with E-state index in [4.69, 9.17) is 0 Å². The third-order valence-corrected chi connectivity index (χ3v) is 5.06. The molecule has 0 saturated carbocycles. The van der Waals surface area contributed by atoms with Gasteiger partial charge in [0.2, 0.25) is 5.91 Å². The van der Waals surface area contributed by atoms with Gasteiger partial charge in [-0.15, -0.1) is 0 Å². The number of anilines is 2. The summed E-state index contributed by atoms with van der Waals surface area (Å²) >= 11 is 0. The number of benzene rings is 3. The number of hydrogen-bond acceptors (Lipinski definition) is 2. The van der Waals surface area contributed by atoms with E-state index in [1.165, 1.54) is 47.4 Å². The van der Waals surface area contributed by atoms with E-state index in [-0.39, 0.29) is 30.6 Å². The highest BCUT2D eigenvalue weighted by Gasteiger charge is 2.20. The van der Waals surface area contributed by atoms with Crippen molar-refractivity contribution in [2.24, 2.45) is 0 Å². The number of carbonyl (C=O) groups excluding carboxylic acids is 2. The van der Waals surface area contributed by atoms with Crippen molar-refractivity contribution in [1.82, 2.24) is 5.32 Å². The molecule has 32 heavy (non-hydrogen) atoms. The minimum absolute atomic E-state index is 0.0313. The van der Waals surface area contributed by atoms with Crippen LogP contribution in [0.5, 0.6) is 0 Å². The Hall–Kier alpha value is -3.74. The molecule has 0 aliphatic rings. The molecule has 3 rings (SSSR count). The first kappa shape index (κ1) is 22.9. The van der Waals surface area contributed by atoms with Gasteiger partial charge in [-0.05, 0) is 48.4 Å². The van der Waals surface area contributed by atoms with Gasteiger partial charge < -0.3 is 10.6 Å². The maximum atomic E-state index is 14.0. The molecule has 166 valence electrons. The molecule has 0 saturated heterocycles. The molecule has 5 nitrogen and oxygen atoms in total. The Morgan fingerprint density at radius 3 is 2.22 bits per heavy atom. The Morgan fingerprint density at radius 2 is 1.56 bits per heavy atom. The lowest BCUT2D eigenvalue weighted by atomic mass is 9.96. The molecule has 0 heterocycles. The summed E-state index contributed by atoms with van der Waals surface area (Å²) in [7, 11) is 0. The first-order valence-electron chi connectivity index (χ1n) is 10.4. The third-order valence-electron chi connectivity index (χ3n) is 5.06. The van der Waals surface area contributed by atoms with Crippen LogP contribution >= 0.6 is 0 Å². The molecular weight excluding hydrogens is 412 g/mol. The number of nitrogens with zero attached hydrogens (tertiary/aromatic N) is 1. The van der Waals surface area contributed by atoms with Crippen molar-refractivity contribution in [2.45, 2.75) is 19.3 Å². The molecule has 0 aliphatic heterocycles. The molecule has 3 aromatic rings. The molecule has 3 amide bonds.